The topological polar surface area (TPSA) is 42.0 Å². The van der Waals surface area contributed by atoms with Gasteiger partial charge in [-0.05, 0) is 19.1 Å². The number of aromatic nitrogens is 1. The summed E-state index contributed by atoms with van der Waals surface area (Å²) in [6.07, 6.45) is 0.557. The molecule has 1 aromatic heterocycles. The minimum absolute atomic E-state index is 0.0298. The van der Waals surface area contributed by atoms with Gasteiger partial charge in [-0.25, -0.2) is 13.8 Å². The van der Waals surface area contributed by atoms with Crippen LogP contribution in [0.4, 0.5) is 8.78 Å². The number of amides is 1. The average Bonchev–Trinajstić information content (AvgIpc) is 2.95. The van der Waals surface area contributed by atoms with Crippen molar-refractivity contribution in [2.24, 2.45) is 0 Å². The van der Waals surface area contributed by atoms with Gasteiger partial charge in [-0.15, -0.1) is 11.3 Å². The fraction of sp³-hybridized carbons (Fsp3) is 0.158. The molecular formula is C19H16F2N2OS. The smallest absolute Gasteiger partial charge is 0.251 e. The predicted octanol–water partition coefficient (Wildman–Crippen LogP) is 4.37. The molecule has 3 aromatic rings. The Morgan fingerprint density at radius 1 is 1.12 bits per heavy atom. The molecule has 128 valence electrons. The fourth-order valence-corrected chi connectivity index (χ4v) is 3.45. The van der Waals surface area contributed by atoms with Crippen molar-refractivity contribution in [3.05, 3.63) is 75.6 Å². The molecule has 0 aliphatic heterocycles. The molecule has 0 bridgehead atoms. The van der Waals surface area contributed by atoms with E-state index in [-0.39, 0.29) is 5.56 Å². The number of hydrogen-bond acceptors (Lipinski definition) is 3. The molecule has 0 fully saturated rings. The van der Waals surface area contributed by atoms with Crippen molar-refractivity contribution in [3.8, 4) is 11.3 Å². The van der Waals surface area contributed by atoms with Crippen molar-refractivity contribution >= 4 is 17.2 Å². The van der Waals surface area contributed by atoms with E-state index in [4.69, 9.17) is 0 Å². The molecule has 0 atom stereocenters. The molecule has 2 aromatic carbocycles. The Morgan fingerprint density at radius 2 is 1.80 bits per heavy atom. The standard InChI is InChI=1S/C19H16F2N2OS/c1-12-18(13-5-3-2-4-6-13)23-17(25-12)7-8-22-19(24)14-9-15(20)11-16(21)10-14/h2-6,9-11H,7-8H2,1H3,(H,22,24). The molecule has 25 heavy (non-hydrogen) atoms. The number of nitrogens with zero attached hydrogens (tertiary/aromatic N) is 1. The maximum absolute atomic E-state index is 13.2. The van der Waals surface area contributed by atoms with E-state index in [0.29, 0.717) is 13.0 Å². The van der Waals surface area contributed by atoms with Crippen molar-refractivity contribution in [2.75, 3.05) is 6.54 Å². The molecule has 0 saturated carbocycles. The second kappa shape index (κ2) is 7.53. The van der Waals surface area contributed by atoms with Crippen LogP contribution < -0.4 is 5.32 Å². The van der Waals surface area contributed by atoms with E-state index in [1.807, 2.05) is 37.3 Å². The largest absolute Gasteiger partial charge is 0.352 e. The Kier molecular flexibility index (Phi) is 5.19. The summed E-state index contributed by atoms with van der Waals surface area (Å²) in [7, 11) is 0. The molecule has 3 rings (SSSR count). The molecule has 1 amide bonds. The SMILES string of the molecule is Cc1sc(CCNC(=O)c2cc(F)cc(F)c2)nc1-c1ccccc1. The lowest BCUT2D eigenvalue weighted by Crippen LogP contribution is -2.25. The summed E-state index contributed by atoms with van der Waals surface area (Å²) < 4.78 is 26.3. The highest BCUT2D eigenvalue weighted by Crippen LogP contribution is 2.27. The zero-order valence-corrected chi connectivity index (χ0v) is 14.4. The number of carbonyl (C=O) groups is 1. The summed E-state index contributed by atoms with van der Waals surface area (Å²) in [6.45, 7) is 2.36. The van der Waals surface area contributed by atoms with Gasteiger partial charge in [-0.1, -0.05) is 30.3 Å². The first-order chi connectivity index (χ1) is 12.0. The molecule has 3 nitrogen and oxygen atoms in total. The molecule has 0 saturated heterocycles. The zero-order valence-electron chi connectivity index (χ0n) is 13.6. The van der Waals surface area contributed by atoms with Gasteiger partial charge in [-0.2, -0.15) is 0 Å². The molecule has 1 N–H and O–H groups in total. The van der Waals surface area contributed by atoms with Crippen molar-refractivity contribution in [2.45, 2.75) is 13.3 Å². The van der Waals surface area contributed by atoms with Crippen molar-refractivity contribution in [1.29, 1.82) is 0 Å². The van der Waals surface area contributed by atoms with E-state index in [9.17, 15) is 13.6 Å². The zero-order chi connectivity index (χ0) is 17.8. The van der Waals surface area contributed by atoms with Crippen LogP contribution in [0.15, 0.2) is 48.5 Å². The number of rotatable bonds is 5. The molecule has 0 unspecified atom stereocenters. The summed E-state index contributed by atoms with van der Waals surface area (Å²) in [5.74, 6) is -2.05. The van der Waals surface area contributed by atoms with Gasteiger partial charge in [0.25, 0.3) is 5.91 Å². The van der Waals surface area contributed by atoms with Crippen molar-refractivity contribution in [1.82, 2.24) is 10.3 Å². The van der Waals surface area contributed by atoms with Gasteiger partial charge in [0.2, 0.25) is 0 Å². The molecule has 6 heteroatoms. The van der Waals surface area contributed by atoms with Crippen molar-refractivity contribution < 1.29 is 13.6 Å². The van der Waals surface area contributed by atoms with Gasteiger partial charge in [0.15, 0.2) is 0 Å². The average molecular weight is 358 g/mol. The Hall–Kier alpha value is -2.60. The first kappa shape index (κ1) is 17.2. The van der Waals surface area contributed by atoms with Crippen LogP contribution in [0.2, 0.25) is 0 Å². The quantitative estimate of drug-likeness (QED) is 0.736. The summed E-state index contributed by atoms with van der Waals surface area (Å²) >= 11 is 1.58. The number of benzene rings is 2. The van der Waals surface area contributed by atoms with Gasteiger partial charge >= 0.3 is 0 Å². The van der Waals surface area contributed by atoms with Crippen LogP contribution in [0.3, 0.4) is 0 Å². The molecule has 0 radical (unpaired) electrons. The number of aryl methyl sites for hydroxylation is 1. The van der Waals surface area contributed by atoms with E-state index < -0.39 is 17.5 Å². The Labute approximate surface area is 148 Å². The highest BCUT2D eigenvalue weighted by Gasteiger charge is 2.11. The lowest BCUT2D eigenvalue weighted by molar-refractivity contribution is 0.0953. The van der Waals surface area contributed by atoms with Crippen LogP contribution in [0.1, 0.15) is 20.2 Å². The first-order valence-corrected chi connectivity index (χ1v) is 8.60. The molecule has 1 heterocycles. The van der Waals surface area contributed by atoms with Gasteiger partial charge in [0, 0.05) is 35.0 Å². The number of thiazole rings is 1. The number of carbonyl (C=O) groups excluding carboxylic acids is 1. The van der Waals surface area contributed by atoms with Crippen LogP contribution in [-0.2, 0) is 6.42 Å². The second-order valence-corrected chi connectivity index (χ2v) is 6.83. The number of halogens is 2. The van der Waals surface area contributed by atoms with Crippen LogP contribution in [0.5, 0.6) is 0 Å². The Bertz CT molecular complexity index is 873. The van der Waals surface area contributed by atoms with Crippen LogP contribution >= 0.6 is 11.3 Å². The van der Waals surface area contributed by atoms with Gasteiger partial charge in [0.05, 0.1) is 10.7 Å². The van der Waals surface area contributed by atoms with E-state index in [2.05, 4.69) is 10.3 Å². The fourth-order valence-electron chi connectivity index (χ4n) is 2.49. The Morgan fingerprint density at radius 3 is 2.48 bits per heavy atom. The van der Waals surface area contributed by atoms with Gasteiger partial charge in [-0.3, -0.25) is 4.79 Å². The maximum atomic E-state index is 13.2. The summed E-state index contributed by atoms with van der Waals surface area (Å²) in [5.41, 5.74) is 1.97. The van der Waals surface area contributed by atoms with E-state index in [0.717, 1.165) is 39.3 Å². The highest BCUT2D eigenvalue weighted by molar-refractivity contribution is 7.12. The van der Waals surface area contributed by atoms with E-state index in [1.165, 1.54) is 0 Å². The highest BCUT2D eigenvalue weighted by atomic mass is 32.1. The van der Waals surface area contributed by atoms with Crippen LogP contribution in [0, 0.1) is 18.6 Å². The van der Waals surface area contributed by atoms with E-state index in [1.54, 1.807) is 11.3 Å². The third-order valence-corrected chi connectivity index (χ3v) is 4.67. The summed E-state index contributed by atoms with van der Waals surface area (Å²) in [4.78, 5) is 17.7. The summed E-state index contributed by atoms with van der Waals surface area (Å²) in [5, 5.41) is 3.57. The first-order valence-electron chi connectivity index (χ1n) is 7.79. The lowest BCUT2D eigenvalue weighted by Gasteiger charge is -2.04. The normalized spacial score (nSPS) is 10.7. The van der Waals surface area contributed by atoms with Gasteiger partial charge < -0.3 is 5.32 Å². The number of hydrogen-bond donors (Lipinski definition) is 1. The Balaban J connectivity index is 1.62. The van der Waals surface area contributed by atoms with Crippen LogP contribution in [-0.4, -0.2) is 17.4 Å². The lowest BCUT2D eigenvalue weighted by atomic mass is 10.1. The van der Waals surface area contributed by atoms with Crippen LogP contribution in [0.25, 0.3) is 11.3 Å². The third-order valence-electron chi connectivity index (χ3n) is 3.64. The minimum Gasteiger partial charge on any atom is -0.352 e. The minimum atomic E-state index is -0.770. The summed E-state index contributed by atoms with van der Waals surface area (Å²) in [6, 6.07) is 12.7. The molecule has 0 aliphatic rings. The maximum Gasteiger partial charge on any atom is 0.251 e. The molecular weight excluding hydrogens is 342 g/mol. The molecule has 0 aliphatic carbocycles. The third kappa shape index (κ3) is 4.28. The van der Waals surface area contributed by atoms with Gasteiger partial charge in [0.1, 0.15) is 11.6 Å². The monoisotopic (exact) mass is 358 g/mol. The predicted molar refractivity (Wildman–Crippen MR) is 94.7 cm³/mol. The van der Waals surface area contributed by atoms with Crippen molar-refractivity contribution in [3.63, 3.8) is 0 Å². The second-order valence-electron chi connectivity index (χ2n) is 5.54. The number of nitrogens with one attached hydrogen (secondary N) is 1. The van der Waals surface area contributed by atoms with E-state index >= 15 is 0 Å². The molecule has 0 spiro atoms.